The van der Waals surface area contributed by atoms with Crippen molar-refractivity contribution in [2.45, 2.75) is 52.5 Å². The van der Waals surface area contributed by atoms with Crippen LogP contribution < -0.4 is 5.32 Å². The Morgan fingerprint density at radius 3 is 2.75 bits per heavy atom. The summed E-state index contributed by atoms with van der Waals surface area (Å²) in [5.41, 5.74) is 0.755. The van der Waals surface area contributed by atoms with Crippen molar-refractivity contribution in [2.75, 3.05) is 0 Å². The fourth-order valence-corrected chi connectivity index (χ4v) is 2.67. The smallest absolute Gasteiger partial charge is 0.249 e. The Morgan fingerprint density at radius 1 is 1.18 bits per heavy atom. The van der Waals surface area contributed by atoms with Crippen molar-refractivity contribution in [3.63, 3.8) is 0 Å². The van der Waals surface area contributed by atoms with Crippen molar-refractivity contribution in [3.05, 3.63) is 42.1 Å². The highest BCUT2D eigenvalue weighted by Crippen LogP contribution is 2.23. The van der Waals surface area contributed by atoms with Crippen molar-refractivity contribution >= 4 is 5.91 Å². The largest absolute Gasteiger partial charge is 0.344 e. The molecule has 0 aliphatic heterocycles. The number of aryl methyl sites for hydroxylation is 2. The van der Waals surface area contributed by atoms with E-state index in [0.29, 0.717) is 29.9 Å². The molecule has 1 unspecified atom stereocenters. The molecule has 0 saturated heterocycles. The van der Waals surface area contributed by atoms with Gasteiger partial charge >= 0.3 is 0 Å². The quantitative estimate of drug-likeness (QED) is 0.598. The van der Waals surface area contributed by atoms with E-state index >= 15 is 0 Å². The number of carbonyl (C=O) groups is 1. The third-order valence-electron chi connectivity index (χ3n) is 4.16. The molecule has 0 spiro atoms. The Morgan fingerprint density at radius 2 is 2.04 bits per heavy atom. The van der Waals surface area contributed by atoms with Gasteiger partial charge in [-0.3, -0.25) is 9.78 Å². The molecule has 3 heterocycles. The molecule has 148 valence electrons. The third kappa shape index (κ3) is 4.99. The predicted octanol–water partition coefficient (Wildman–Crippen LogP) is 2.91. The molecule has 0 aromatic carbocycles. The number of amides is 1. The summed E-state index contributed by atoms with van der Waals surface area (Å²) >= 11 is 0. The van der Waals surface area contributed by atoms with Crippen LogP contribution in [0.2, 0.25) is 0 Å². The molecule has 0 fully saturated rings. The van der Waals surface area contributed by atoms with Crippen molar-refractivity contribution in [3.8, 4) is 11.4 Å². The fraction of sp³-hybridized carbons (Fsp3) is 0.474. The number of nitrogens with zero attached hydrogens (tertiary/aromatic N) is 5. The lowest BCUT2D eigenvalue weighted by molar-refractivity contribution is -0.122. The molecule has 3 aromatic rings. The van der Waals surface area contributed by atoms with Crippen LogP contribution in [0.25, 0.3) is 11.4 Å². The first-order valence-electron chi connectivity index (χ1n) is 9.41. The maximum Gasteiger partial charge on any atom is 0.249 e. The summed E-state index contributed by atoms with van der Waals surface area (Å²) in [6.45, 7) is 6.01. The van der Waals surface area contributed by atoms with Crippen LogP contribution in [-0.2, 0) is 17.6 Å². The van der Waals surface area contributed by atoms with Crippen LogP contribution in [0.3, 0.4) is 0 Å². The summed E-state index contributed by atoms with van der Waals surface area (Å²) in [5.74, 6) is 1.88. The highest BCUT2D eigenvalue weighted by molar-refractivity contribution is 5.76. The van der Waals surface area contributed by atoms with E-state index in [-0.39, 0.29) is 24.3 Å². The number of pyridine rings is 1. The molecule has 9 nitrogen and oxygen atoms in total. The predicted molar refractivity (Wildman–Crippen MR) is 99.9 cm³/mol. The van der Waals surface area contributed by atoms with Gasteiger partial charge in [0.15, 0.2) is 5.82 Å². The second-order valence-corrected chi connectivity index (χ2v) is 6.84. The number of hydrogen-bond acceptors (Lipinski definition) is 8. The SMILES string of the molecule is CCCc1noc(CCC(=O)NC(c2nc(-c3cccnc3)no2)C(C)C)n1. The maximum atomic E-state index is 12.4. The lowest BCUT2D eigenvalue weighted by Gasteiger charge is -2.18. The zero-order valence-corrected chi connectivity index (χ0v) is 16.3. The summed E-state index contributed by atoms with van der Waals surface area (Å²) in [6.07, 6.45) is 5.67. The lowest BCUT2D eigenvalue weighted by atomic mass is 10.0. The average molecular weight is 384 g/mol. The first kappa shape index (κ1) is 19.7. The van der Waals surface area contributed by atoms with E-state index in [4.69, 9.17) is 9.05 Å². The van der Waals surface area contributed by atoms with E-state index in [9.17, 15) is 4.79 Å². The van der Waals surface area contributed by atoms with Gasteiger partial charge in [0.1, 0.15) is 6.04 Å². The summed E-state index contributed by atoms with van der Waals surface area (Å²) in [7, 11) is 0. The second-order valence-electron chi connectivity index (χ2n) is 6.84. The van der Waals surface area contributed by atoms with Gasteiger partial charge in [0.25, 0.3) is 0 Å². The van der Waals surface area contributed by atoms with Crippen molar-refractivity contribution in [1.82, 2.24) is 30.6 Å². The van der Waals surface area contributed by atoms with E-state index in [1.54, 1.807) is 18.5 Å². The van der Waals surface area contributed by atoms with E-state index in [1.807, 2.05) is 26.8 Å². The third-order valence-corrected chi connectivity index (χ3v) is 4.16. The van der Waals surface area contributed by atoms with Gasteiger partial charge in [-0.15, -0.1) is 0 Å². The standard InChI is InChI=1S/C19H24N6O3/c1-4-6-14-21-16(27-24-14)9-8-15(26)22-17(12(2)3)19-23-18(25-28-19)13-7-5-10-20-11-13/h5,7,10-12,17H,4,6,8-9H2,1-3H3,(H,22,26). The lowest BCUT2D eigenvalue weighted by Crippen LogP contribution is -2.32. The molecular weight excluding hydrogens is 360 g/mol. The van der Waals surface area contributed by atoms with Gasteiger partial charge in [-0.1, -0.05) is 31.1 Å². The van der Waals surface area contributed by atoms with Gasteiger partial charge < -0.3 is 14.4 Å². The van der Waals surface area contributed by atoms with Crippen LogP contribution in [0.15, 0.2) is 33.6 Å². The van der Waals surface area contributed by atoms with Gasteiger partial charge in [-0.25, -0.2) is 0 Å². The van der Waals surface area contributed by atoms with E-state index in [1.165, 1.54) is 0 Å². The maximum absolute atomic E-state index is 12.4. The van der Waals surface area contributed by atoms with E-state index in [2.05, 4.69) is 30.6 Å². The van der Waals surface area contributed by atoms with Crippen LogP contribution >= 0.6 is 0 Å². The highest BCUT2D eigenvalue weighted by atomic mass is 16.5. The summed E-state index contributed by atoms with van der Waals surface area (Å²) in [4.78, 5) is 25.2. The summed E-state index contributed by atoms with van der Waals surface area (Å²) in [5, 5.41) is 10.9. The van der Waals surface area contributed by atoms with Gasteiger partial charge in [-0.2, -0.15) is 9.97 Å². The zero-order valence-electron chi connectivity index (χ0n) is 16.3. The van der Waals surface area contributed by atoms with Crippen LogP contribution in [0.5, 0.6) is 0 Å². The molecule has 0 radical (unpaired) electrons. The zero-order chi connectivity index (χ0) is 19.9. The number of hydrogen-bond donors (Lipinski definition) is 1. The topological polar surface area (TPSA) is 120 Å². The minimum absolute atomic E-state index is 0.0747. The van der Waals surface area contributed by atoms with Gasteiger partial charge in [0.2, 0.25) is 23.5 Å². The van der Waals surface area contributed by atoms with Gasteiger partial charge in [0.05, 0.1) is 0 Å². The molecule has 3 rings (SSSR count). The first-order valence-corrected chi connectivity index (χ1v) is 9.41. The molecule has 0 aliphatic rings. The molecule has 0 aliphatic carbocycles. The fourth-order valence-electron chi connectivity index (χ4n) is 2.67. The van der Waals surface area contributed by atoms with Crippen molar-refractivity contribution < 1.29 is 13.8 Å². The number of aromatic nitrogens is 5. The Hall–Kier alpha value is -3.10. The van der Waals surface area contributed by atoms with Crippen LogP contribution in [0.4, 0.5) is 0 Å². The molecule has 1 atom stereocenters. The number of rotatable bonds is 9. The molecular formula is C19H24N6O3. The number of nitrogens with one attached hydrogen (secondary N) is 1. The van der Waals surface area contributed by atoms with Crippen LogP contribution in [-0.4, -0.2) is 31.2 Å². The molecule has 28 heavy (non-hydrogen) atoms. The normalized spacial score (nSPS) is 12.3. The molecule has 1 amide bonds. The van der Waals surface area contributed by atoms with E-state index < -0.39 is 0 Å². The minimum atomic E-state index is -0.385. The van der Waals surface area contributed by atoms with Crippen molar-refractivity contribution in [1.29, 1.82) is 0 Å². The van der Waals surface area contributed by atoms with Gasteiger partial charge in [0, 0.05) is 37.2 Å². The van der Waals surface area contributed by atoms with Gasteiger partial charge in [-0.05, 0) is 24.5 Å². The van der Waals surface area contributed by atoms with Crippen LogP contribution in [0, 0.1) is 5.92 Å². The first-order chi connectivity index (χ1) is 13.6. The molecule has 3 aromatic heterocycles. The molecule has 9 heteroatoms. The average Bonchev–Trinajstić information content (AvgIpc) is 3.35. The molecule has 1 N–H and O–H groups in total. The second kappa shape index (κ2) is 9.20. The Balaban J connectivity index is 1.61. The summed E-state index contributed by atoms with van der Waals surface area (Å²) in [6, 6.07) is 3.27. The highest BCUT2D eigenvalue weighted by Gasteiger charge is 2.25. The van der Waals surface area contributed by atoms with Crippen molar-refractivity contribution in [2.24, 2.45) is 5.92 Å². The van der Waals surface area contributed by atoms with E-state index in [0.717, 1.165) is 18.4 Å². The molecule has 0 saturated carbocycles. The molecule has 0 bridgehead atoms. The Bertz CT molecular complexity index is 890. The Labute approximate surface area is 162 Å². The summed E-state index contributed by atoms with van der Waals surface area (Å²) < 4.78 is 10.6. The monoisotopic (exact) mass is 384 g/mol. The Kier molecular flexibility index (Phi) is 6.46. The van der Waals surface area contributed by atoms with Crippen LogP contribution in [0.1, 0.15) is 57.3 Å². The minimum Gasteiger partial charge on any atom is -0.344 e. The number of carbonyl (C=O) groups excluding carboxylic acids is 1.